The van der Waals surface area contributed by atoms with Crippen molar-refractivity contribution in [2.45, 2.75) is 12.8 Å². The molecule has 2 aromatic rings. The lowest BCUT2D eigenvalue weighted by Gasteiger charge is -2.21. The van der Waals surface area contributed by atoms with E-state index in [4.69, 9.17) is 21.1 Å². The zero-order valence-electron chi connectivity index (χ0n) is 15.8. The molecule has 150 valence electrons. The molecule has 29 heavy (non-hydrogen) atoms. The number of rotatable bonds is 7. The summed E-state index contributed by atoms with van der Waals surface area (Å²) in [6.45, 7) is 1.85. The van der Waals surface area contributed by atoms with E-state index in [2.05, 4.69) is 4.99 Å². The van der Waals surface area contributed by atoms with Gasteiger partial charge >= 0.3 is 0 Å². The number of benzene rings is 2. The maximum absolute atomic E-state index is 12.5. The largest absolute Gasteiger partial charge is 0.493 e. The minimum atomic E-state index is -0.0159. The van der Waals surface area contributed by atoms with E-state index in [1.807, 2.05) is 42.5 Å². The Bertz CT molecular complexity index is 943. The smallest absolute Gasteiger partial charge is 0.278 e. The first kappa shape index (κ1) is 19.9. The summed E-state index contributed by atoms with van der Waals surface area (Å²) in [7, 11) is 0. The summed E-state index contributed by atoms with van der Waals surface area (Å²) < 4.78 is 11.5. The molecule has 4 rings (SSSR count). The highest BCUT2D eigenvalue weighted by atomic mass is 35.5. The number of amidine groups is 1. The van der Waals surface area contributed by atoms with Crippen LogP contribution in [0.4, 0.5) is 0 Å². The standard InChI is InChI=1S/C22H21ClN2O3S/c23-17-6-8-18(9-7-17)27-11-3-12-28-19-5-1-4-16(14-19)15-20-21(26)25-10-2-13-29-22(25)24-20/h1,4-9,14-15H,2-3,10-13H2/b20-15-. The molecule has 5 nitrogen and oxygen atoms in total. The van der Waals surface area contributed by atoms with Gasteiger partial charge in [0.1, 0.15) is 17.2 Å². The van der Waals surface area contributed by atoms with Crippen LogP contribution in [0.5, 0.6) is 11.5 Å². The SMILES string of the molecule is O=C1/C(=C/c2cccc(OCCCOc3ccc(Cl)cc3)c2)N=C2SCCCN12. The minimum absolute atomic E-state index is 0.0159. The molecule has 0 saturated carbocycles. The van der Waals surface area contributed by atoms with E-state index >= 15 is 0 Å². The normalized spacial score (nSPS) is 17.3. The number of halogens is 1. The highest BCUT2D eigenvalue weighted by molar-refractivity contribution is 8.13. The van der Waals surface area contributed by atoms with Gasteiger partial charge in [-0.05, 0) is 54.5 Å². The van der Waals surface area contributed by atoms with Crippen molar-refractivity contribution in [3.63, 3.8) is 0 Å². The number of ether oxygens (including phenoxy) is 2. The molecule has 0 unspecified atom stereocenters. The van der Waals surface area contributed by atoms with Crippen LogP contribution in [0.2, 0.25) is 5.02 Å². The van der Waals surface area contributed by atoms with Gasteiger partial charge in [0.15, 0.2) is 5.17 Å². The number of thioether (sulfide) groups is 1. The van der Waals surface area contributed by atoms with Crippen LogP contribution in [0, 0.1) is 0 Å². The molecule has 0 radical (unpaired) electrons. The lowest BCUT2D eigenvalue weighted by molar-refractivity contribution is -0.122. The number of hydrogen-bond acceptors (Lipinski definition) is 5. The van der Waals surface area contributed by atoms with Crippen molar-refractivity contribution in [1.82, 2.24) is 4.90 Å². The van der Waals surface area contributed by atoms with Gasteiger partial charge in [-0.15, -0.1) is 0 Å². The van der Waals surface area contributed by atoms with E-state index in [1.54, 1.807) is 28.8 Å². The van der Waals surface area contributed by atoms with E-state index < -0.39 is 0 Å². The second-order valence-electron chi connectivity index (χ2n) is 6.66. The van der Waals surface area contributed by atoms with E-state index in [0.717, 1.165) is 47.4 Å². The second-order valence-corrected chi connectivity index (χ2v) is 8.16. The lowest BCUT2D eigenvalue weighted by atomic mass is 10.2. The fraction of sp³-hybridized carbons (Fsp3) is 0.273. The molecule has 2 aliphatic heterocycles. The fourth-order valence-corrected chi connectivity index (χ4v) is 4.12. The first-order valence-electron chi connectivity index (χ1n) is 9.55. The van der Waals surface area contributed by atoms with Crippen LogP contribution in [0.25, 0.3) is 6.08 Å². The van der Waals surface area contributed by atoms with Crippen molar-refractivity contribution in [1.29, 1.82) is 0 Å². The molecule has 0 atom stereocenters. The third kappa shape index (κ3) is 5.14. The summed E-state index contributed by atoms with van der Waals surface area (Å²) >= 11 is 7.50. The molecule has 0 spiro atoms. The first-order chi connectivity index (χ1) is 14.2. The van der Waals surface area contributed by atoms with Gasteiger partial charge in [0.2, 0.25) is 0 Å². The highest BCUT2D eigenvalue weighted by Gasteiger charge is 2.32. The second kappa shape index (κ2) is 9.37. The number of carbonyl (C=O) groups excluding carboxylic acids is 1. The zero-order valence-corrected chi connectivity index (χ0v) is 17.4. The Morgan fingerprint density at radius 1 is 1.10 bits per heavy atom. The van der Waals surface area contributed by atoms with E-state index in [0.29, 0.717) is 23.9 Å². The molecule has 0 aromatic heterocycles. The van der Waals surface area contributed by atoms with Crippen molar-refractivity contribution in [3.05, 3.63) is 64.8 Å². The van der Waals surface area contributed by atoms with Crippen LogP contribution >= 0.6 is 23.4 Å². The topological polar surface area (TPSA) is 51.1 Å². The van der Waals surface area contributed by atoms with Crippen molar-refractivity contribution >= 4 is 40.5 Å². The highest BCUT2D eigenvalue weighted by Crippen LogP contribution is 2.28. The quantitative estimate of drug-likeness (QED) is 0.466. The Balaban J connectivity index is 1.29. The van der Waals surface area contributed by atoms with Gasteiger partial charge in [0.25, 0.3) is 5.91 Å². The Morgan fingerprint density at radius 3 is 2.69 bits per heavy atom. The maximum Gasteiger partial charge on any atom is 0.278 e. The molecule has 2 aliphatic rings. The van der Waals surface area contributed by atoms with Gasteiger partial charge in [0, 0.05) is 23.7 Å². The zero-order chi connectivity index (χ0) is 20.1. The lowest BCUT2D eigenvalue weighted by Crippen LogP contribution is -2.34. The fourth-order valence-electron chi connectivity index (χ4n) is 3.05. The van der Waals surface area contributed by atoms with Gasteiger partial charge in [-0.3, -0.25) is 9.69 Å². The van der Waals surface area contributed by atoms with Gasteiger partial charge in [0.05, 0.1) is 13.2 Å². The summed E-state index contributed by atoms with van der Waals surface area (Å²) in [5.74, 6) is 2.55. The molecule has 2 aromatic carbocycles. The van der Waals surface area contributed by atoms with Gasteiger partial charge in [-0.2, -0.15) is 0 Å². The van der Waals surface area contributed by atoms with Crippen molar-refractivity contribution in [2.24, 2.45) is 4.99 Å². The number of aliphatic imine (C=N–C) groups is 1. The molecule has 0 aliphatic carbocycles. The van der Waals surface area contributed by atoms with E-state index in [-0.39, 0.29) is 5.91 Å². The number of amides is 1. The Labute approximate surface area is 179 Å². The molecular weight excluding hydrogens is 408 g/mol. The van der Waals surface area contributed by atoms with Gasteiger partial charge in [-0.25, -0.2) is 4.99 Å². The monoisotopic (exact) mass is 428 g/mol. The Kier molecular flexibility index (Phi) is 6.42. The Morgan fingerprint density at radius 2 is 1.90 bits per heavy atom. The number of carbonyl (C=O) groups is 1. The average Bonchev–Trinajstić information content (AvgIpc) is 3.05. The maximum atomic E-state index is 12.5. The summed E-state index contributed by atoms with van der Waals surface area (Å²) in [5.41, 5.74) is 1.39. The van der Waals surface area contributed by atoms with Crippen LogP contribution in [0.15, 0.2) is 59.2 Å². The van der Waals surface area contributed by atoms with Crippen LogP contribution in [0.1, 0.15) is 18.4 Å². The molecule has 1 saturated heterocycles. The summed E-state index contributed by atoms with van der Waals surface area (Å²) in [4.78, 5) is 18.7. The first-order valence-corrected chi connectivity index (χ1v) is 10.9. The van der Waals surface area contributed by atoms with Crippen molar-refractivity contribution in [3.8, 4) is 11.5 Å². The van der Waals surface area contributed by atoms with Crippen LogP contribution in [-0.2, 0) is 4.79 Å². The van der Waals surface area contributed by atoms with Gasteiger partial charge in [-0.1, -0.05) is 35.5 Å². The number of nitrogens with zero attached hydrogens (tertiary/aromatic N) is 2. The van der Waals surface area contributed by atoms with Crippen molar-refractivity contribution in [2.75, 3.05) is 25.5 Å². The number of hydrogen-bond donors (Lipinski definition) is 0. The van der Waals surface area contributed by atoms with Gasteiger partial charge < -0.3 is 9.47 Å². The van der Waals surface area contributed by atoms with E-state index in [1.165, 1.54) is 0 Å². The molecule has 0 N–H and O–H groups in total. The molecule has 0 bridgehead atoms. The third-order valence-electron chi connectivity index (χ3n) is 4.47. The summed E-state index contributed by atoms with van der Waals surface area (Å²) in [6, 6.07) is 15.0. The Hall–Kier alpha value is -2.44. The number of fused-ring (bicyclic) bond motifs is 1. The molecule has 2 heterocycles. The summed E-state index contributed by atoms with van der Waals surface area (Å²) in [6.07, 6.45) is 3.59. The molecule has 1 amide bonds. The van der Waals surface area contributed by atoms with E-state index in [9.17, 15) is 4.79 Å². The predicted octanol–water partition coefficient (Wildman–Crippen LogP) is 4.86. The molecule has 7 heteroatoms. The minimum Gasteiger partial charge on any atom is -0.493 e. The predicted molar refractivity (Wildman–Crippen MR) is 118 cm³/mol. The summed E-state index contributed by atoms with van der Waals surface area (Å²) in [5, 5.41) is 1.51. The average molecular weight is 429 g/mol. The van der Waals surface area contributed by atoms with Crippen LogP contribution in [0.3, 0.4) is 0 Å². The van der Waals surface area contributed by atoms with Crippen LogP contribution < -0.4 is 9.47 Å². The third-order valence-corrected chi connectivity index (χ3v) is 5.78. The van der Waals surface area contributed by atoms with Crippen molar-refractivity contribution < 1.29 is 14.3 Å². The molecule has 1 fully saturated rings. The molecular formula is C22H21ClN2O3S. The van der Waals surface area contributed by atoms with Crippen LogP contribution in [-0.4, -0.2) is 41.5 Å².